The van der Waals surface area contributed by atoms with Crippen LogP contribution in [0.25, 0.3) is 0 Å². The molecule has 0 heterocycles. The summed E-state index contributed by atoms with van der Waals surface area (Å²) >= 11 is 0. The minimum absolute atomic E-state index is 0.0874. The molecule has 35 heavy (non-hydrogen) atoms. The summed E-state index contributed by atoms with van der Waals surface area (Å²) in [5, 5.41) is 12.3. The van der Waals surface area contributed by atoms with Crippen LogP contribution in [-0.2, 0) is 19.1 Å². The SMILES string of the molecule is Cc1ccc(NC(=O)[C@H](OC(=O)c2ccc(C)cc2)[C@H](OC(=O)c2ccc(C)cc2)C(=O)O)cc1. The van der Waals surface area contributed by atoms with Crippen LogP contribution < -0.4 is 5.32 Å². The number of esters is 2. The molecule has 0 fully saturated rings. The van der Waals surface area contributed by atoms with E-state index in [4.69, 9.17) is 9.47 Å². The summed E-state index contributed by atoms with van der Waals surface area (Å²) in [6, 6.07) is 19.3. The molecule has 0 aliphatic rings. The van der Waals surface area contributed by atoms with E-state index in [2.05, 4.69) is 5.32 Å². The number of aryl methyl sites for hydroxylation is 3. The van der Waals surface area contributed by atoms with E-state index in [0.717, 1.165) is 16.7 Å². The van der Waals surface area contributed by atoms with Gasteiger partial charge in [0.1, 0.15) is 0 Å². The molecule has 0 saturated carbocycles. The van der Waals surface area contributed by atoms with Crippen LogP contribution in [0.2, 0.25) is 0 Å². The maximum absolute atomic E-state index is 13.1. The van der Waals surface area contributed by atoms with E-state index < -0.39 is 36.0 Å². The van der Waals surface area contributed by atoms with Gasteiger partial charge in [0.2, 0.25) is 12.2 Å². The summed E-state index contributed by atoms with van der Waals surface area (Å²) in [4.78, 5) is 50.5. The molecule has 0 bridgehead atoms. The number of anilines is 1. The summed E-state index contributed by atoms with van der Waals surface area (Å²) in [6.07, 6.45) is -4.05. The molecule has 8 nitrogen and oxygen atoms in total. The van der Waals surface area contributed by atoms with E-state index in [-0.39, 0.29) is 11.1 Å². The van der Waals surface area contributed by atoms with Crippen molar-refractivity contribution < 1.29 is 33.8 Å². The van der Waals surface area contributed by atoms with Gasteiger partial charge in [-0.2, -0.15) is 0 Å². The number of benzene rings is 3. The van der Waals surface area contributed by atoms with Gasteiger partial charge >= 0.3 is 17.9 Å². The third-order valence-corrected chi connectivity index (χ3v) is 5.14. The fraction of sp³-hybridized carbons (Fsp3) is 0.185. The normalized spacial score (nSPS) is 12.2. The van der Waals surface area contributed by atoms with Gasteiger partial charge in [0.15, 0.2) is 0 Å². The number of carbonyl (C=O) groups excluding carboxylic acids is 3. The lowest BCUT2D eigenvalue weighted by molar-refractivity contribution is -0.157. The zero-order valence-electron chi connectivity index (χ0n) is 19.5. The molecule has 2 N–H and O–H groups in total. The Hall–Kier alpha value is -4.46. The largest absolute Gasteiger partial charge is 0.478 e. The number of hydrogen-bond acceptors (Lipinski definition) is 6. The van der Waals surface area contributed by atoms with Crippen molar-refractivity contribution in [3.05, 3.63) is 101 Å². The van der Waals surface area contributed by atoms with Gasteiger partial charge in [0.05, 0.1) is 11.1 Å². The smallest absolute Gasteiger partial charge is 0.349 e. The van der Waals surface area contributed by atoms with Crippen molar-refractivity contribution in [2.24, 2.45) is 0 Å². The van der Waals surface area contributed by atoms with E-state index in [1.165, 1.54) is 24.3 Å². The lowest BCUT2D eigenvalue weighted by Crippen LogP contribution is -2.48. The first-order valence-electron chi connectivity index (χ1n) is 10.8. The van der Waals surface area contributed by atoms with Crippen molar-refractivity contribution in [1.29, 1.82) is 0 Å². The number of ether oxygens (including phenoxy) is 2. The predicted octanol–water partition coefficient (Wildman–Crippen LogP) is 4.09. The van der Waals surface area contributed by atoms with Crippen molar-refractivity contribution >= 4 is 29.5 Å². The first kappa shape index (κ1) is 25.2. The topological polar surface area (TPSA) is 119 Å². The molecule has 0 spiro atoms. The van der Waals surface area contributed by atoms with E-state index in [1.54, 1.807) is 48.5 Å². The second kappa shape index (κ2) is 11.1. The van der Waals surface area contributed by atoms with Crippen molar-refractivity contribution in [2.45, 2.75) is 33.0 Å². The van der Waals surface area contributed by atoms with E-state index >= 15 is 0 Å². The highest BCUT2D eigenvalue weighted by Crippen LogP contribution is 2.17. The molecule has 0 saturated heterocycles. The number of amides is 1. The molecule has 0 aliphatic carbocycles. The monoisotopic (exact) mass is 475 g/mol. The van der Waals surface area contributed by atoms with E-state index in [0.29, 0.717) is 5.69 Å². The van der Waals surface area contributed by atoms with Crippen LogP contribution in [-0.4, -0.2) is 41.1 Å². The number of carboxylic acids is 1. The average Bonchev–Trinajstić information content (AvgIpc) is 2.83. The van der Waals surface area contributed by atoms with Gasteiger partial charge in [0, 0.05) is 5.69 Å². The van der Waals surface area contributed by atoms with Gasteiger partial charge in [-0.15, -0.1) is 0 Å². The van der Waals surface area contributed by atoms with Crippen LogP contribution in [0, 0.1) is 20.8 Å². The van der Waals surface area contributed by atoms with Crippen LogP contribution in [0.5, 0.6) is 0 Å². The lowest BCUT2D eigenvalue weighted by Gasteiger charge is -2.23. The van der Waals surface area contributed by atoms with Crippen LogP contribution in [0.4, 0.5) is 5.69 Å². The molecule has 0 radical (unpaired) electrons. The Labute approximate surface area is 202 Å². The molecule has 0 aromatic heterocycles. The van der Waals surface area contributed by atoms with Crippen LogP contribution in [0.3, 0.4) is 0 Å². The van der Waals surface area contributed by atoms with Gasteiger partial charge < -0.3 is 19.9 Å². The molecule has 0 aliphatic heterocycles. The highest BCUT2D eigenvalue weighted by Gasteiger charge is 2.41. The second-order valence-electron chi connectivity index (χ2n) is 8.08. The Morgan fingerprint density at radius 1 is 0.629 bits per heavy atom. The van der Waals surface area contributed by atoms with Gasteiger partial charge in [-0.1, -0.05) is 53.1 Å². The standard InChI is InChI=1S/C27H25NO7/c1-16-4-10-19(11-5-16)26(32)34-22(24(29)28-21-14-8-18(3)9-15-21)23(25(30)31)35-27(33)20-12-6-17(2)7-13-20/h4-15,22-23H,1-3H3,(H,28,29)(H,30,31)/t22-,23+/m1/s1. The highest BCUT2D eigenvalue weighted by atomic mass is 16.6. The molecule has 0 unspecified atom stereocenters. The van der Waals surface area contributed by atoms with Crippen LogP contribution >= 0.6 is 0 Å². The van der Waals surface area contributed by atoms with E-state index in [1.807, 2.05) is 20.8 Å². The van der Waals surface area contributed by atoms with Gasteiger partial charge in [-0.3, -0.25) is 4.79 Å². The number of rotatable bonds is 8. The summed E-state index contributed by atoms with van der Waals surface area (Å²) in [5.41, 5.74) is 3.28. The quantitative estimate of drug-likeness (QED) is 0.471. The average molecular weight is 475 g/mol. The summed E-state index contributed by atoms with van der Waals surface area (Å²) in [7, 11) is 0. The lowest BCUT2D eigenvalue weighted by atomic mass is 10.1. The first-order valence-corrected chi connectivity index (χ1v) is 10.8. The zero-order chi connectivity index (χ0) is 25.5. The number of carboxylic acid groups (broad SMARTS) is 1. The molecular weight excluding hydrogens is 450 g/mol. The molecule has 8 heteroatoms. The number of nitrogens with one attached hydrogen (secondary N) is 1. The van der Waals surface area contributed by atoms with Crippen molar-refractivity contribution in [2.75, 3.05) is 5.32 Å². The molecule has 180 valence electrons. The van der Waals surface area contributed by atoms with Crippen molar-refractivity contribution in [1.82, 2.24) is 0 Å². The van der Waals surface area contributed by atoms with Gasteiger partial charge in [0.25, 0.3) is 5.91 Å². The first-order chi connectivity index (χ1) is 16.6. The third-order valence-electron chi connectivity index (χ3n) is 5.14. The number of hydrogen-bond donors (Lipinski definition) is 2. The fourth-order valence-electron chi connectivity index (χ4n) is 3.09. The van der Waals surface area contributed by atoms with Crippen LogP contribution in [0.1, 0.15) is 37.4 Å². The molecular formula is C27H25NO7. The maximum atomic E-state index is 13.1. The Bertz CT molecular complexity index is 1220. The molecule has 3 aromatic carbocycles. The van der Waals surface area contributed by atoms with E-state index in [9.17, 15) is 24.3 Å². The van der Waals surface area contributed by atoms with Crippen LogP contribution in [0.15, 0.2) is 72.8 Å². The zero-order valence-corrected chi connectivity index (χ0v) is 19.5. The molecule has 1 amide bonds. The highest BCUT2D eigenvalue weighted by molar-refractivity contribution is 6.01. The summed E-state index contributed by atoms with van der Waals surface area (Å²) in [6.45, 7) is 5.52. The Kier molecular flexibility index (Phi) is 7.99. The predicted molar refractivity (Wildman–Crippen MR) is 128 cm³/mol. The Morgan fingerprint density at radius 2 is 1.00 bits per heavy atom. The fourth-order valence-corrected chi connectivity index (χ4v) is 3.09. The Morgan fingerprint density at radius 3 is 1.40 bits per heavy atom. The molecule has 3 aromatic rings. The third kappa shape index (κ3) is 6.77. The maximum Gasteiger partial charge on any atom is 0.349 e. The van der Waals surface area contributed by atoms with Crippen molar-refractivity contribution in [3.8, 4) is 0 Å². The second-order valence-corrected chi connectivity index (χ2v) is 8.08. The van der Waals surface area contributed by atoms with Crippen molar-refractivity contribution in [3.63, 3.8) is 0 Å². The minimum atomic E-state index is -2.09. The Balaban J connectivity index is 1.90. The summed E-state index contributed by atoms with van der Waals surface area (Å²) < 4.78 is 10.5. The number of carbonyl (C=O) groups is 4. The van der Waals surface area contributed by atoms with Gasteiger partial charge in [-0.05, 0) is 57.2 Å². The molecule has 3 rings (SSSR count). The summed E-state index contributed by atoms with van der Waals surface area (Å²) in [5.74, 6) is -4.52. The molecule has 2 atom stereocenters. The van der Waals surface area contributed by atoms with Gasteiger partial charge in [-0.25, -0.2) is 14.4 Å². The minimum Gasteiger partial charge on any atom is -0.478 e. The number of aliphatic carboxylic acids is 1.